The van der Waals surface area contributed by atoms with Crippen LogP contribution in [0.3, 0.4) is 0 Å². The van der Waals surface area contributed by atoms with Crippen molar-refractivity contribution in [3.63, 3.8) is 0 Å². The molecule has 0 unspecified atom stereocenters. The fourth-order valence-corrected chi connectivity index (χ4v) is 2.86. The molecule has 1 aromatic rings. The number of esters is 1. The van der Waals surface area contributed by atoms with Gasteiger partial charge < -0.3 is 28.8 Å². The minimum Gasteiger partial charge on any atom is -0.457 e. The van der Waals surface area contributed by atoms with Crippen LogP contribution < -0.4 is 0 Å². The monoisotopic (exact) mass is 324 g/mol. The van der Waals surface area contributed by atoms with Crippen molar-refractivity contribution in [2.45, 2.75) is 43.9 Å². The Morgan fingerprint density at radius 1 is 1.26 bits per heavy atom. The maximum Gasteiger partial charge on any atom is 0.303 e. The lowest BCUT2D eigenvalue weighted by molar-refractivity contribution is -0.358. The van der Waals surface area contributed by atoms with Gasteiger partial charge >= 0.3 is 5.97 Å². The molecule has 3 rings (SSSR count). The lowest BCUT2D eigenvalue weighted by atomic mass is 9.97. The molecule has 7 nitrogen and oxygen atoms in total. The smallest absolute Gasteiger partial charge is 0.303 e. The number of methoxy groups -OCH3 is 1. The molecule has 2 heterocycles. The van der Waals surface area contributed by atoms with E-state index in [-0.39, 0.29) is 6.61 Å². The van der Waals surface area contributed by atoms with Crippen molar-refractivity contribution < 1.29 is 33.6 Å². The molecule has 126 valence electrons. The van der Waals surface area contributed by atoms with Gasteiger partial charge in [-0.15, -0.1) is 0 Å². The molecule has 2 saturated heterocycles. The number of benzene rings is 1. The standard InChI is InChI=1S/C16H20O7/c1-9(17)21-14-12(18)16(19-2)22-11-8-20-15(23-13(11)14)10-6-4-3-5-7-10/h3-7,11-16,18H,8H2,1-2H3/t11-,12+,13-,14-,15-,16+/m1/s1. The van der Waals surface area contributed by atoms with Crippen molar-refractivity contribution in [1.29, 1.82) is 0 Å². The van der Waals surface area contributed by atoms with Crippen LogP contribution >= 0.6 is 0 Å². The molecule has 6 atom stereocenters. The molecule has 0 saturated carbocycles. The molecule has 0 spiro atoms. The van der Waals surface area contributed by atoms with Gasteiger partial charge in [-0.3, -0.25) is 4.79 Å². The number of carbonyl (C=O) groups is 1. The van der Waals surface area contributed by atoms with E-state index in [9.17, 15) is 9.90 Å². The Hall–Kier alpha value is -1.51. The third-order valence-corrected chi connectivity index (χ3v) is 3.91. The molecular formula is C16H20O7. The fourth-order valence-electron chi connectivity index (χ4n) is 2.86. The molecule has 0 bridgehead atoms. The van der Waals surface area contributed by atoms with Gasteiger partial charge in [0.1, 0.15) is 18.3 Å². The second-order valence-corrected chi connectivity index (χ2v) is 5.52. The third-order valence-electron chi connectivity index (χ3n) is 3.91. The first-order chi connectivity index (χ1) is 11.1. The Morgan fingerprint density at radius 2 is 2.00 bits per heavy atom. The summed E-state index contributed by atoms with van der Waals surface area (Å²) >= 11 is 0. The first-order valence-corrected chi connectivity index (χ1v) is 7.45. The summed E-state index contributed by atoms with van der Waals surface area (Å²) in [5.41, 5.74) is 0.843. The predicted molar refractivity (Wildman–Crippen MR) is 77.2 cm³/mol. The van der Waals surface area contributed by atoms with E-state index in [1.807, 2.05) is 30.3 Å². The normalized spacial score (nSPS) is 37.0. The van der Waals surface area contributed by atoms with Crippen LogP contribution in [0, 0.1) is 0 Å². The van der Waals surface area contributed by atoms with Crippen LogP contribution in [0.15, 0.2) is 30.3 Å². The zero-order valence-corrected chi connectivity index (χ0v) is 13.0. The van der Waals surface area contributed by atoms with Crippen LogP contribution in [0.25, 0.3) is 0 Å². The summed E-state index contributed by atoms with van der Waals surface area (Å²) in [4.78, 5) is 11.4. The van der Waals surface area contributed by atoms with Crippen LogP contribution in [0.5, 0.6) is 0 Å². The van der Waals surface area contributed by atoms with E-state index < -0.39 is 43.0 Å². The number of carbonyl (C=O) groups excluding carboxylic acids is 1. The van der Waals surface area contributed by atoms with Gasteiger partial charge in [0.15, 0.2) is 18.7 Å². The first kappa shape index (κ1) is 16.4. The number of hydrogen-bond donors (Lipinski definition) is 1. The summed E-state index contributed by atoms with van der Waals surface area (Å²) in [6, 6.07) is 9.41. The molecule has 2 fully saturated rings. The summed E-state index contributed by atoms with van der Waals surface area (Å²) < 4.78 is 27.6. The van der Waals surface area contributed by atoms with Gasteiger partial charge in [-0.05, 0) is 0 Å². The topological polar surface area (TPSA) is 83.5 Å². The largest absolute Gasteiger partial charge is 0.457 e. The molecule has 0 aliphatic carbocycles. The van der Waals surface area contributed by atoms with Gasteiger partial charge in [0.05, 0.1) is 6.61 Å². The van der Waals surface area contributed by atoms with Crippen LogP contribution in [0.4, 0.5) is 0 Å². The summed E-state index contributed by atoms with van der Waals surface area (Å²) in [5.74, 6) is -0.504. The average Bonchev–Trinajstić information content (AvgIpc) is 2.57. The molecule has 23 heavy (non-hydrogen) atoms. The molecule has 0 amide bonds. The predicted octanol–water partition coefficient (Wildman–Crippen LogP) is 0.764. The number of ether oxygens (including phenoxy) is 5. The van der Waals surface area contributed by atoms with E-state index in [1.165, 1.54) is 14.0 Å². The minimum atomic E-state index is -1.14. The summed E-state index contributed by atoms with van der Waals surface area (Å²) in [5, 5.41) is 10.3. The lowest BCUT2D eigenvalue weighted by Crippen LogP contribution is -2.63. The zero-order valence-electron chi connectivity index (χ0n) is 13.0. The lowest BCUT2D eigenvalue weighted by Gasteiger charge is -2.46. The van der Waals surface area contributed by atoms with Gasteiger partial charge in [0, 0.05) is 19.6 Å². The highest BCUT2D eigenvalue weighted by atomic mass is 16.8. The van der Waals surface area contributed by atoms with E-state index in [0.29, 0.717) is 0 Å². The van der Waals surface area contributed by atoms with E-state index in [1.54, 1.807) is 0 Å². The van der Waals surface area contributed by atoms with Crippen molar-refractivity contribution in [3.05, 3.63) is 35.9 Å². The number of aliphatic hydroxyl groups is 1. The SMILES string of the molecule is CO[C@H]1O[C@@H]2CO[C@@H](c3ccccc3)O[C@H]2[C@H](OC(C)=O)[C@@H]1O. The van der Waals surface area contributed by atoms with Crippen LogP contribution in [-0.4, -0.2) is 55.5 Å². The minimum absolute atomic E-state index is 0.245. The highest BCUT2D eigenvalue weighted by Crippen LogP contribution is 2.35. The Morgan fingerprint density at radius 3 is 2.65 bits per heavy atom. The Kier molecular flexibility index (Phi) is 4.93. The van der Waals surface area contributed by atoms with E-state index in [0.717, 1.165) is 5.56 Å². The molecular weight excluding hydrogens is 304 g/mol. The van der Waals surface area contributed by atoms with Crippen molar-refractivity contribution in [2.24, 2.45) is 0 Å². The van der Waals surface area contributed by atoms with Crippen LogP contribution in [0.2, 0.25) is 0 Å². The van der Waals surface area contributed by atoms with Crippen LogP contribution in [-0.2, 0) is 28.5 Å². The molecule has 2 aliphatic heterocycles. The molecule has 7 heteroatoms. The zero-order chi connectivity index (χ0) is 16.4. The van der Waals surface area contributed by atoms with Crippen molar-refractivity contribution in [1.82, 2.24) is 0 Å². The summed E-state index contributed by atoms with van der Waals surface area (Å²) in [6.45, 7) is 1.53. The van der Waals surface area contributed by atoms with E-state index in [4.69, 9.17) is 23.7 Å². The second kappa shape index (κ2) is 6.94. The third kappa shape index (κ3) is 3.39. The van der Waals surface area contributed by atoms with Gasteiger partial charge in [0.2, 0.25) is 0 Å². The van der Waals surface area contributed by atoms with Gasteiger partial charge in [0.25, 0.3) is 0 Å². The molecule has 1 aromatic carbocycles. The number of aliphatic hydroxyl groups excluding tert-OH is 1. The second-order valence-electron chi connectivity index (χ2n) is 5.52. The van der Waals surface area contributed by atoms with Crippen molar-refractivity contribution in [2.75, 3.05) is 13.7 Å². The van der Waals surface area contributed by atoms with Crippen molar-refractivity contribution in [3.8, 4) is 0 Å². The maximum absolute atomic E-state index is 11.4. The van der Waals surface area contributed by atoms with Gasteiger partial charge in [-0.1, -0.05) is 30.3 Å². The molecule has 2 aliphatic rings. The van der Waals surface area contributed by atoms with E-state index >= 15 is 0 Å². The molecule has 0 radical (unpaired) electrons. The van der Waals surface area contributed by atoms with Gasteiger partial charge in [-0.2, -0.15) is 0 Å². The Balaban J connectivity index is 1.80. The van der Waals surface area contributed by atoms with Crippen LogP contribution in [0.1, 0.15) is 18.8 Å². The number of hydrogen-bond acceptors (Lipinski definition) is 7. The maximum atomic E-state index is 11.4. The quantitative estimate of drug-likeness (QED) is 0.822. The Labute approximate surface area is 134 Å². The first-order valence-electron chi connectivity index (χ1n) is 7.45. The summed E-state index contributed by atoms with van der Waals surface area (Å²) in [7, 11) is 1.41. The number of fused-ring (bicyclic) bond motifs is 1. The molecule has 0 aromatic heterocycles. The number of rotatable bonds is 3. The highest BCUT2D eigenvalue weighted by Gasteiger charge is 2.51. The molecule has 1 N–H and O–H groups in total. The van der Waals surface area contributed by atoms with Crippen molar-refractivity contribution >= 4 is 5.97 Å². The summed E-state index contributed by atoms with van der Waals surface area (Å²) in [6.07, 6.45) is -4.66. The fraction of sp³-hybridized carbons (Fsp3) is 0.562. The Bertz CT molecular complexity index is 534. The van der Waals surface area contributed by atoms with Gasteiger partial charge in [-0.25, -0.2) is 0 Å². The van der Waals surface area contributed by atoms with E-state index in [2.05, 4.69) is 0 Å². The average molecular weight is 324 g/mol. The highest BCUT2D eigenvalue weighted by molar-refractivity contribution is 5.66.